The molecule has 0 aliphatic carbocycles. The average Bonchev–Trinajstić information content (AvgIpc) is 3.23. The van der Waals surface area contributed by atoms with Crippen LogP contribution in [0.1, 0.15) is 37.4 Å². The maximum absolute atomic E-state index is 10.6. The van der Waals surface area contributed by atoms with Crippen LogP contribution in [0.25, 0.3) is 17.2 Å². The molecule has 0 saturated carbocycles. The number of hydrogen-bond acceptors (Lipinski definition) is 7. The molecule has 30 heavy (non-hydrogen) atoms. The Kier molecular flexibility index (Phi) is 5.56. The van der Waals surface area contributed by atoms with Gasteiger partial charge in [-0.2, -0.15) is 10.2 Å². The first-order valence-electron chi connectivity index (χ1n) is 10.0. The second-order valence-electron chi connectivity index (χ2n) is 7.66. The van der Waals surface area contributed by atoms with Crippen LogP contribution < -0.4 is 10.2 Å². The lowest BCUT2D eigenvalue weighted by atomic mass is 10.1. The molecular weight excluding hydrogens is 378 g/mol. The Balaban J connectivity index is 1.55. The first-order valence-corrected chi connectivity index (χ1v) is 10.0. The molecule has 1 atom stereocenters. The molecule has 4 heterocycles. The van der Waals surface area contributed by atoms with Crippen molar-refractivity contribution >= 4 is 23.9 Å². The largest absolute Gasteiger partial charge is 0.349 e. The van der Waals surface area contributed by atoms with Crippen LogP contribution in [0.5, 0.6) is 0 Å². The number of nitrogens with one attached hydrogen (secondary N) is 1. The lowest BCUT2D eigenvalue weighted by Crippen LogP contribution is -2.39. The van der Waals surface area contributed by atoms with Crippen LogP contribution in [0.3, 0.4) is 0 Å². The number of anilines is 2. The number of carbonyl (C=O) groups excluding carboxylic acids is 1. The molecule has 0 amide bonds. The summed E-state index contributed by atoms with van der Waals surface area (Å²) in [6.07, 6.45) is 12.8. The minimum Gasteiger partial charge on any atom is -0.349 e. The minimum absolute atomic E-state index is 0.0680. The fraction of sp³-hybridized carbons (Fsp3) is 0.318. The quantitative estimate of drug-likeness (QED) is 0.605. The van der Waals surface area contributed by atoms with Crippen LogP contribution in [0.2, 0.25) is 0 Å². The number of hydrogen-bond donors (Lipinski definition) is 1. The van der Waals surface area contributed by atoms with Crippen molar-refractivity contribution in [1.29, 1.82) is 0 Å². The Bertz CT molecular complexity index is 1070. The van der Waals surface area contributed by atoms with E-state index in [1.807, 2.05) is 31.6 Å². The number of carbonyl (C=O) groups is 1. The van der Waals surface area contributed by atoms with Crippen molar-refractivity contribution in [3.8, 4) is 11.1 Å². The number of fused-ring (bicyclic) bond motifs is 1. The minimum atomic E-state index is -0.0680. The molecule has 1 N–H and O–H groups in total. The Morgan fingerprint density at radius 3 is 2.87 bits per heavy atom. The standard InChI is InChI=1S/C22H25N7O/c1-15(2)16-10-21(27-24-12-16)26-22-6-5-19-20(28(22)3)9-17(11-23-19)18-13-25-29(14-18)7-4-8-30/h5-6,8-15,22H,4,7H2,1-3H3,(H,26,27). The van der Waals surface area contributed by atoms with Gasteiger partial charge in [0.25, 0.3) is 0 Å². The van der Waals surface area contributed by atoms with Gasteiger partial charge in [0.15, 0.2) is 5.82 Å². The summed E-state index contributed by atoms with van der Waals surface area (Å²) in [6, 6.07) is 4.15. The molecule has 0 bridgehead atoms. The smallest absolute Gasteiger partial charge is 0.150 e. The van der Waals surface area contributed by atoms with E-state index in [0.29, 0.717) is 18.9 Å². The zero-order chi connectivity index (χ0) is 21.1. The van der Waals surface area contributed by atoms with E-state index in [1.165, 1.54) is 0 Å². The zero-order valence-electron chi connectivity index (χ0n) is 17.4. The molecule has 8 nitrogen and oxygen atoms in total. The molecule has 154 valence electrons. The van der Waals surface area contributed by atoms with Gasteiger partial charge in [-0.3, -0.25) is 9.67 Å². The van der Waals surface area contributed by atoms with Crippen molar-refractivity contribution in [3.05, 3.63) is 54.3 Å². The Morgan fingerprint density at radius 2 is 2.07 bits per heavy atom. The number of rotatable bonds is 7. The highest BCUT2D eigenvalue weighted by atomic mass is 16.1. The Labute approximate surface area is 175 Å². The van der Waals surface area contributed by atoms with Gasteiger partial charge in [-0.1, -0.05) is 13.8 Å². The molecule has 3 aromatic heterocycles. The van der Waals surface area contributed by atoms with E-state index in [4.69, 9.17) is 0 Å². The highest BCUT2D eigenvalue weighted by molar-refractivity contribution is 5.76. The third kappa shape index (κ3) is 4.07. The summed E-state index contributed by atoms with van der Waals surface area (Å²) in [4.78, 5) is 17.3. The highest BCUT2D eigenvalue weighted by Gasteiger charge is 2.21. The average molecular weight is 403 g/mol. The molecular formula is C22H25N7O. The van der Waals surface area contributed by atoms with Crippen molar-refractivity contribution < 1.29 is 4.79 Å². The van der Waals surface area contributed by atoms with Gasteiger partial charge in [-0.15, -0.1) is 5.10 Å². The van der Waals surface area contributed by atoms with E-state index in [0.717, 1.165) is 40.2 Å². The first-order chi connectivity index (χ1) is 14.5. The van der Waals surface area contributed by atoms with Crippen LogP contribution in [-0.2, 0) is 11.3 Å². The van der Waals surface area contributed by atoms with E-state index in [1.54, 1.807) is 17.1 Å². The monoisotopic (exact) mass is 403 g/mol. The van der Waals surface area contributed by atoms with Crippen molar-refractivity contribution in [2.45, 2.75) is 38.9 Å². The topological polar surface area (TPSA) is 88.8 Å². The van der Waals surface area contributed by atoms with E-state index >= 15 is 0 Å². The van der Waals surface area contributed by atoms with Crippen molar-refractivity contribution in [2.75, 3.05) is 17.3 Å². The number of pyridine rings is 1. The summed E-state index contributed by atoms with van der Waals surface area (Å²) >= 11 is 0. The fourth-order valence-electron chi connectivity index (χ4n) is 3.38. The second kappa shape index (κ2) is 8.44. The molecule has 1 aliphatic heterocycles. The third-order valence-electron chi connectivity index (χ3n) is 5.21. The molecule has 0 spiro atoms. The molecule has 0 radical (unpaired) electrons. The number of aldehydes is 1. The molecule has 3 aromatic rings. The van der Waals surface area contributed by atoms with Gasteiger partial charge in [0.05, 0.1) is 23.8 Å². The number of likely N-dealkylation sites (N-methyl/N-ethyl adjacent to an activating group) is 1. The predicted molar refractivity (Wildman–Crippen MR) is 117 cm³/mol. The molecule has 0 fully saturated rings. The second-order valence-corrected chi connectivity index (χ2v) is 7.66. The summed E-state index contributed by atoms with van der Waals surface area (Å²) < 4.78 is 1.78. The van der Waals surface area contributed by atoms with Gasteiger partial charge in [0.2, 0.25) is 0 Å². The van der Waals surface area contributed by atoms with Gasteiger partial charge in [0.1, 0.15) is 12.5 Å². The van der Waals surface area contributed by atoms with Gasteiger partial charge >= 0.3 is 0 Å². The zero-order valence-corrected chi connectivity index (χ0v) is 17.4. The number of aromatic nitrogens is 5. The van der Waals surface area contributed by atoms with E-state index in [2.05, 4.69) is 56.5 Å². The predicted octanol–water partition coefficient (Wildman–Crippen LogP) is 3.35. The van der Waals surface area contributed by atoms with Gasteiger partial charge < -0.3 is 15.0 Å². The van der Waals surface area contributed by atoms with E-state index in [9.17, 15) is 4.79 Å². The van der Waals surface area contributed by atoms with E-state index < -0.39 is 0 Å². The van der Waals surface area contributed by atoms with Crippen molar-refractivity contribution in [2.24, 2.45) is 0 Å². The Hall–Kier alpha value is -3.55. The number of aryl methyl sites for hydroxylation is 1. The fourth-order valence-corrected chi connectivity index (χ4v) is 3.38. The Morgan fingerprint density at radius 1 is 1.20 bits per heavy atom. The van der Waals surface area contributed by atoms with Crippen LogP contribution in [-0.4, -0.2) is 44.5 Å². The summed E-state index contributed by atoms with van der Waals surface area (Å²) in [7, 11) is 2.03. The molecule has 8 heteroatoms. The summed E-state index contributed by atoms with van der Waals surface area (Å²) in [5, 5.41) is 16.1. The van der Waals surface area contributed by atoms with Gasteiger partial charge in [-0.05, 0) is 35.8 Å². The normalized spacial score (nSPS) is 15.3. The summed E-state index contributed by atoms with van der Waals surface area (Å²) in [6.45, 7) is 4.85. The SMILES string of the molecule is CC(C)c1cnnc(NC2C=Cc3ncc(-c4cnn(CCC=O)c4)cc3N2C)c1. The molecule has 1 aliphatic rings. The number of nitrogens with zero attached hydrogens (tertiary/aromatic N) is 6. The lowest BCUT2D eigenvalue weighted by molar-refractivity contribution is -0.108. The van der Waals surface area contributed by atoms with Gasteiger partial charge in [0, 0.05) is 43.5 Å². The van der Waals surface area contributed by atoms with Crippen LogP contribution >= 0.6 is 0 Å². The van der Waals surface area contributed by atoms with Crippen molar-refractivity contribution in [1.82, 2.24) is 25.0 Å². The lowest BCUT2D eigenvalue weighted by Gasteiger charge is -2.32. The van der Waals surface area contributed by atoms with Crippen LogP contribution in [0.15, 0.2) is 43.0 Å². The van der Waals surface area contributed by atoms with Crippen molar-refractivity contribution in [3.63, 3.8) is 0 Å². The summed E-state index contributed by atoms with van der Waals surface area (Å²) in [5.74, 6) is 1.13. The molecule has 0 aromatic carbocycles. The maximum atomic E-state index is 10.6. The first kappa shape index (κ1) is 19.8. The molecule has 0 saturated heterocycles. The van der Waals surface area contributed by atoms with E-state index in [-0.39, 0.29) is 6.17 Å². The third-order valence-corrected chi connectivity index (χ3v) is 5.21. The van der Waals surface area contributed by atoms with Crippen LogP contribution in [0, 0.1) is 0 Å². The molecule has 1 unspecified atom stereocenters. The molecule has 4 rings (SSSR count). The summed E-state index contributed by atoms with van der Waals surface area (Å²) in [5.41, 5.74) is 5.02. The van der Waals surface area contributed by atoms with Gasteiger partial charge in [-0.25, -0.2) is 0 Å². The highest BCUT2D eigenvalue weighted by Crippen LogP contribution is 2.31. The maximum Gasteiger partial charge on any atom is 0.150 e. The van der Waals surface area contributed by atoms with Crippen LogP contribution in [0.4, 0.5) is 11.5 Å².